The van der Waals surface area contributed by atoms with E-state index in [1.54, 1.807) is 0 Å². The molecule has 0 bridgehead atoms. The molecule has 1 aromatic carbocycles. The van der Waals surface area contributed by atoms with Crippen LogP contribution in [0.1, 0.15) is 58.4 Å². The summed E-state index contributed by atoms with van der Waals surface area (Å²) in [5, 5.41) is 0. The van der Waals surface area contributed by atoms with Gasteiger partial charge in [0.15, 0.2) is 0 Å². The lowest BCUT2D eigenvalue weighted by Gasteiger charge is -2.47. The third-order valence-corrected chi connectivity index (χ3v) is 4.03. The summed E-state index contributed by atoms with van der Waals surface area (Å²) in [6, 6.07) is 8.94. The molecule has 0 aliphatic carbocycles. The number of fused-ring (bicyclic) bond motifs is 1. The van der Waals surface area contributed by atoms with Crippen molar-refractivity contribution in [3.8, 4) is 0 Å². The maximum Gasteiger partial charge on any atom is 0.0405 e. The monoisotopic (exact) mass is 231 g/mol. The van der Waals surface area contributed by atoms with Crippen LogP contribution in [0.2, 0.25) is 0 Å². The highest BCUT2D eigenvalue weighted by atomic mass is 15.2. The van der Waals surface area contributed by atoms with Gasteiger partial charge in [-0.15, -0.1) is 0 Å². The minimum absolute atomic E-state index is 0.295. The third-order valence-electron chi connectivity index (χ3n) is 4.03. The molecule has 0 radical (unpaired) electrons. The Morgan fingerprint density at radius 1 is 1.29 bits per heavy atom. The second kappa shape index (κ2) is 4.72. The van der Waals surface area contributed by atoms with Gasteiger partial charge in [-0.1, -0.05) is 38.5 Å². The Bertz CT molecular complexity index is 381. The van der Waals surface area contributed by atoms with Gasteiger partial charge in [0.05, 0.1) is 0 Å². The van der Waals surface area contributed by atoms with Gasteiger partial charge < -0.3 is 4.90 Å². The van der Waals surface area contributed by atoms with Gasteiger partial charge in [-0.2, -0.15) is 0 Å². The normalized spacial score (nSPS) is 22.4. The zero-order valence-corrected chi connectivity index (χ0v) is 11.7. The van der Waals surface area contributed by atoms with Crippen LogP contribution in [0.15, 0.2) is 24.3 Å². The first-order chi connectivity index (χ1) is 8.06. The minimum Gasteiger partial charge on any atom is -0.366 e. The Kier molecular flexibility index (Phi) is 3.46. The summed E-state index contributed by atoms with van der Waals surface area (Å²) in [4.78, 5) is 2.62. The molecular formula is C16H25N. The number of nitrogens with zero attached hydrogens (tertiary/aromatic N) is 1. The van der Waals surface area contributed by atoms with Crippen molar-refractivity contribution in [1.29, 1.82) is 0 Å². The van der Waals surface area contributed by atoms with Gasteiger partial charge in [0.2, 0.25) is 0 Å². The van der Waals surface area contributed by atoms with E-state index in [2.05, 4.69) is 56.9 Å². The molecule has 0 fully saturated rings. The minimum atomic E-state index is 0.295. The van der Waals surface area contributed by atoms with Crippen LogP contribution >= 0.6 is 0 Å². The molecule has 1 aliphatic rings. The molecule has 1 nitrogen and oxygen atoms in total. The molecule has 2 rings (SSSR count). The van der Waals surface area contributed by atoms with Crippen molar-refractivity contribution in [1.82, 2.24) is 0 Å². The molecule has 0 aromatic heterocycles. The van der Waals surface area contributed by atoms with Gasteiger partial charge in [-0.25, -0.2) is 0 Å². The standard InChI is InChI=1S/C16H25N/c1-5-6-11-17-15-10-8-7-9-14(15)13(2)12-16(17,3)4/h7-10,13H,5-6,11-12H2,1-4H3. The van der Waals surface area contributed by atoms with E-state index in [0.29, 0.717) is 11.5 Å². The Morgan fingerprint density at radius 2 is 2.00 bits per heavy atom. The lowest BCUT2D eigenvalue weighted by molar-refractivity contribution is 0.374. The first kappa shape index (κ1) is 12.5. The molecule has 1 atom stereocenters. The lowest BCUT2D eigenvalue weighted by atomic mass is 9.80. The van der Waals surface area contributed by atoms with E-state index in [9.17, 15) is 0 Å². The van der Waals surface area contributed by atoms with Gasteiger partial charge in [-0.05, 0) is 44.2 Å². The molecule has 1 heterocycles. The first-order valence-corrected chi connectivity index (χ1v) is 6.93. The molecule has 1 heteroatoms. The predicted octanol–water partition coefficient (Wildman–Crippen LogP) is 4.58. The van der Waals surface area contributed by atoms with Crippen LogP contribution in [0.4, 0.5) is 5.69 Å². The van der Waals surface area contributed by atoms with Gasteiger partial charge >= 0.3 is 0 Å². The van der Waals surface area contributed by atoms with E-state index in [1.165, 1.54) is 37.1 Å². The highest BCUT2D eigenvalue weighted by Crippen LogP contribution is 2.42. The smallest absolute Gasteiger partial charge is 0.0405 e. The fourth-order valence-electron chi connectivity index (χ4n) is 3.18. The Hall–Kier alpha value is -0.980. The summed E-state index contributed by atoms with van der Waals surface area (Å²) in [5.74, 6) is 0.680. The van der Waals surface area contributed by atoms with Gasteiger partial charge in [0, 0.05) is 17.8 Å². The summed E-state index contributed by atoms with van der Waals surface area (Å²) >= 11 is 0. The van der Waals surface area contributed by atoms with E-state index in [-0.39, 0.29) is 0 Å². The average molecular weight is 231 g/mol. The fourth-order valence-corrected chi connectivity index (χ4v) is 3.18. The quantitative estimate of drug-likeness (QED) is 0.736. The number of benzene rings is 1. The van der Waals surface area contributed by atoms with E-state index in [1.807, 2.05) is 0 Å². The molecule has 1 aliphatic heterocycles. The number of anilines is 1. The Labute approximate surface area is 106 Å². The lowest BCUT2D eigenvalue weighted by Crippen LogP contribution is -2.48. The molecule has 17 heavy (non-hydrogen) atoms. The third kappa shape index (κ3) is 2.34. The van der Waals surface area contributed by atoms with Crippen molar-refractivity contribution in [2.75, 3.05) is 11.4 Å². The van der Waals surface area contributed by atoms with Crippen LogP contribution in [-0.4, -0.2) is 12.1 Å². The molecule has 1 aromatic rings. The molecule has 1 unspecified atom stereocenters. The maximum absolute atomic E-state index is 2.62. The largest absolute Gasteiger partial charge is 0.366 e. The summed E-state index contributed by atoms with van der Waals surface area (Å²) < 4.78 is 0. The second-order valence-electron chi connectivity index (χ2n) is 5.98. The van der Waals surface area contributed by atoms with Gasteiger partial charge in [-0.3, -0.25) is 0 Å². The van der Waals surface area contributed by atoms with Crippen molar-refractivity contribution in [3.05, 3.63) is 29.8 Å². The maximum atomic E-state index is 2.62. The molecule has 94 valence electrons. The highest BCUT2D eigenvalue weighted by Gasteiger charge is 2.35. The van der Waals surface area contributed by atoms with E-state index < -0.39 is 0 Å². The van der Waals surface area contributed by atoms with Crippen LogP contribution < -0.4 is 4.90 Å². The molecular weight excluding hydrogens is 206 g/mol. The fraction of sp³-hybridized carbons (Fsp3) is 0.625. The molecule has 0 N–H and O–H groups in total. The summed E-state index contributed by atoms with van der Waals surface area (Å²) in [7, 11) is 0. The van der Waals surface area contributed by atoms with Crippen molar-refractivity contribution in [3.63, 3.8) is 0 Å². The Balaban J connectivity index is 2.37. The van der Waals surface area contributed by atoms with Crippen molar-refractivity contribution >= 4 is 5.69 Å². The van der Waals surface area contributed by atoms with E-state index in [0.717, 1.165) is 0 Å². The molecule has 0 saturated carbocycles. The van der Waals surface area contributed by atoms with Crippen molar-refractivity contribution < 1.29 is 0 Å². The SMILES string of the molecule is CCCCN1c2ccccc2C(C)CC1(C)C. The van der Waals surface area contributed by atoms with E-state index >= 15 is 0 Å². The summed E-state index contributed by atoms with van der Waals surface area (Å²) in [6.07, 6.45) is 3.81. The number of rotatable bonds is 3. The summed E-state index contributed by atoms with van der Waals surface area (Å²) in [5.41, 5.74) is 3.29. The zero-order valence-electron chi connectivity index (χ0n) is 11.7. The van der Waals surface area contributed by atoms with Crippen LogP contribution in [-0.2, 0) is 0 Å². The predicted molar refractivity (Wildman–Crippen MR) is 75.8 cm³/mol. The van der Waals surface area contributed by atoms with Crippen molar-refractivity contribution in [2.45, 2.75) is 58.4 Å². The second-order valence-corrected chi connectivity index (χ2v) is 5.98. The topological polar surface area (TPSA) is 3.24 Å². The van der Waals surface area contributed by atoms with Gasteiger partial charge in [0.1, 0.15) is 0 Å². The van der Waals surface area contributed by atoms with Crippen LogP contribution in [0.3, 0.4) is 0 Å². The average Bonchev–Trinajstić information content (AvgIpc) is 2.28. The zero-order chi connectivity index (χ0) is 12.5. The Morgan fingerprint density at radius 3 is 2.71 bits per heavy atom. The number of hydrogen-bond acceptors (Lipinski definition) is 1. The number of unbranched alkanes of at least 4 members (excludes halogenated alkanes) is 1. The van der Waals surface area contributed by atoms with E-state index in [4.69, 9.17) is 0 Å². The first-order valence-electron chi connectivity index (χ1n) is 6.93. The number of para-hydroxylation sites is 1. The van der Waals surface area contributed by atoms with Crippen LogP contribution in [0, 0.1) is 0 Å². The number of hydrogen-bond donors (Lipinski definition) is 0. The highest BCUT2D eigenvalue weighted by molar-refractivity contribution is 5.59. The molecule has 0 spiro atoms. The molecule has 0 amide bonds. The van der Waals surface area contributed by atoms with Gasteiger partial charge in [0.25, 0.3) is 0 Å². The molecule has 0 saturated heterocycles. The van der Waals surface area contributed by atoms with Crippen LogP contribution in [0.25, 0.3) is 0 Å². The van der Waals surface area contributed by atoms with Crippen molar-refractivity contribution in [2.24, 2.45) is 0 Å². The van der Waals surface area contributed by atoms with Crippen LogP contribution in [0.5, 0.6) is 0 Å². The summed E-state index contributed by atoms with van der Waals surface area (Å²) in [6.45, 7) is 10.6.